The van der Waals surface area contributed by atoms with E-state index in [-0.39, 0.29) is 23.6 Å². The van der Waals surface area contributed by atoms with E-state index in [1.165, 1.54) is 18.3 Å². The third-order valence-corrected chi connectivity index (χ3v) is 6.29. The number of hydrogen-bond acceptors (Lipinski definition) is 6. The molecule has 7 nitrogen and oxygen atoms in total. The van der Waals surface area contributed by atoms with Crippen LogP contribution in [0.25, 0.3) is 20.4 Å². The maximum Gasteiger partial charge on any atom is 0.271 e. The largest absolute Gasteiger partial charge is 0.377 e. The van der Waals surface area contributed by atoms with Crippen LogP contribution in [0.15, 0.2) is 23.4 Å². The molecule has 0 spiro atoms. The zero-order chi connectivity index (χ0) is 19.1. The topological polar surface area (TPSA) is 80.1 Å². The molecule has 0 radical (unpaired) electrons. The number of anilines is 1. The van der Waals surface area contributed by atoms with Crippen molar-refractivity contribution in [3.8, 4) is 0 Å². The molecule has 1 N–H and O–H groups in total. The standard InChI is InChI=1S/C19H23N5O2S/c1-11(25)22-12-5-4-6-13(9-12)24-10-21-16-15-14(23(2)3)7-8-20-18(15)27-17(16)19(24)26/h7-8,10,12-13H,4-6,9H2,1-3H3,(H,22,25)/t12?,13-/m0/s1. The number of nitrogens with one attached hydrogen (secondary N) is 1. The highest BCUT2D eigenvalue weighted by atomic mass is 32.1. The van der Waals surface area contributed by atoms with E-state index in [0.29, 0.717) is 4.70 Å². The first kappa shape index (κ1) is 17.9. The number of hydrogen-bond donors (Lipinski definition) is 1. The molecule has 3 aromatic heterocycles. The first-order valence-corrected chi connectivity index (χ1v) is 10.00. The number of rotatable bonds is 3. The van der Waals surface area contributed by atoms with Gasteiger partial charge in [-0.3, -0.25) is 14.2 Å². The van der Waals surface area contributed by atoms with Crippen LogP contribution in [0.1, 0.15) is 38.6 Å². The fraction of sp³-hybridized carbons (Fsp3) is 0.474. The second kappa shape index (κ2) is 6.92. The lowest BCUT2D eigenvalue weighted by molar-refractivity contribution is -0.119. The summed E-state index contributed by atoms with van der Waals surface area (Å²) in [6.07, 6.45) is 7.07. The molecule has 1 aliphatic carbocycles. The van der Waals surface area contributed by atoms with Crippen molar-refractivity contribution in [2.75, 3.05) is 19.0 Å². The summed E-state index contributed by atoms with van der Waals surface area (Å²) in [6.45, 7) is 1.54. The third kappa shape index (κ3) is 3.18. The molecule has 1 unspecified atom stereocenters. The van der Waals surface area contributed by atoms with Crippen molar-refractivity contribution >= 4 is 43.4 Å². The molecule has 27 heavy (non-hydrogen) atoms. The minimum atomic E-state index is -0.0200. The summed E-state index contributed by atoms with van der Waals surface area (Å²) in [4.78, 5) is 36.5. The van der Waals surface area contributed by atoms with Crippen LogP contribution in [0.5, 0.6) is 0 Å². The molecular weight excluding hydrogens is 362 g/mol. The molecule has 2 atom stereocenters. The lowest BCUT2D eigenvalue weighted by atomic mass is 9.90. The van der Waals surface area contributed by atoms with Crippen molar-refractivity contribution in [1.82, 2.24) is 19.9 Å². The van der Waals surface area contributed by atoms with Crippen LogP contribution in [0.2, 0.25) is 0 Å². The highest BCUT2D eigenvalue weighted by Crippen LogP contribution is 2.36. The maximum absolute atomic E-state index is 13.2. The molecule has 1 amide bonds. The molecule has 142 valence electrons. The number of fused-ring (bicyclic) bond motifs is 3. The van der Waals surface area contributed by atoms with E-state index in [1.807, 2.05) is 25.1 Å². The van der Waals surface area contributed by atoms with Gasteiger partial charge < -0.3 is 10.2 Å². The van der Waals surface area contributed by atoms with Gasteiger partial charge in [0.15, 0.2) is 0 Å². The number of carbonyl (C=O) groups excluding carboxylic acids is 1. The number of amides is 1. The van der Waals surface area contributed by atoms with E-state index in [0.717, 1.165) is 47.1 Å². The normalized spacial score (nSPS) is 20.1. The predicted molar refractivity (Wildman–Crippen MR) is 109 cm³/mol. The van der Waals surface area contributed by atoms with Gasteiger partial charge in [0.05, 0.1) is 22.9 Å². The molecule has 3 heterocycles. The Kier molecular flexibility index (Phi) is 4.59. The van der Waals surface area contributed by atoms with Crippen LogP contribution in [0.3, 0.4) is 0 Å². The monoisotopic (exact) mass is 385 g/mol. The SMILES string of the molecule is CC(=O)NC1CCC[C@H](n2cnc3c(sc4nccc(N(C)C)c43)c2=O)C1. The van der Waals surface area contributed by atoms with Gasteiger partial charge in [-0.1, -0.05) is 0 Å². The number of aromatic nitrogens is 3. The van der Waals surface area contributed by atoms with Crippen molar-refractivity contribution in [3.05, 3.63) is 28.9 Å². The number of nitrogens with zero attached hydrogens (tertiary/aromatic N) is 4. The molecule has 1 saturated carbocycles. The first-order chi connectivity index (χ1) is 13.0. The summed E-state index contributed by atoms with van der Waals surface area (Å²) in [5.74, 6) is -0.0200. The Bertz CT molecular complexity index is 1070. The van der Waals surface area contributed by atoms with E-state index in [9.17, 15) is 9.59 Å². The Morgan fingerprint density at radius 3 is 2.89 bits per heavy atom. The highest BCUT2D eigenvalue weighted by molar-refractivity contribution is 7.25. The Morgan fingerprint density at radius 1 is 1.33 bits per heavy atom. The van der Waals surface area contributed by atoms with E-state index in [4.69, 9.17) is 0 Å². The van der Waals surface area contributed by atoms with E-state index in [1.54, 1.807) is 17.1 Å². The third-order valence-electron chi connectivity index (χ3n) is 5.21. The van der Waals surface area contributed by atoms with E-state index < -0.39 is 0 Å². The molecule has 3 aromatic rings. The lowest BCUT2D eigenvalue weighted by Gasteiger charge is -2.30. The van der Waals surface area contributed by atoms with Gasteiger partial charge in [0, 0.05) is 39.3 Å². The van der Waals surface area contributed by atoms with Crippen LogP contribution in [-0.4, -0.2) is 40.6 Å². The summed E-state index contributed by atoms with van der Waals surface area (Å²) in [5.41, 5.74) is 1.72. The summed E-state index contributed by atoms with van der Waals surface area (Å²) in [7, 11) is 3.95. The minimum absolute atomic E-state index is 0.0128. The van der Waals surface area contributed by atoms with Crippen LogP contribution in [0.4, 0.5) is 5.69 Å². The Labute approximate surface area is 161 Å². The Hall–Kier alpha value is -2.48. The summed E-state index contributed by atoms with van der Waals surface area (Å²) < 4.78 is 2.40. The molecule has 0 saturated heterocycles. The van der Waals surface area contributed by atoms with Crippen LogP contribution in [0, 0.1) is 0 Å². The van der Waals surface area contributed by atoms with Crippen molar-refractivity contribution in [2.45, 2.75) is 44.7 Å². The smallest absolute Gasteiger partial charge is 0.271 e. The summed E-state index contributed by atoms with van der Waals surface area (Å²) in [6, 6.07) is 2.13. The summed E-state index contributed by atoms with van der Waals surface area (Å²) in [5, 5.41) is 3.93. The molecule has 0 aliphatic heterocycles. The molecule has 0 aromatic carbocycles. The van der Waals surface area contributed by atoms with Crippen molar-refractivity contribution < 1.29 is 4.79 Å². The fourth-order valence-corrected chi connectivity index (χ4v) is 5.07. The van der Waals surface area contributed by atoms with Gasteiger partial charge in [-0.15, -0.1) is 11.3 Å². The van der Waals surface area contributed by atoms with E-state index >= 15 is 0 Å². The number of pyridine rings is 1. The van der Waals surface area contributed by atoms with Gasteiger partial charge in [0.2, 0.25) is 5.91 Å². The van der Waals surface area contributed by atoms with E-state index in [2.05, 4.69) is 15.3 Å². The van der Waals surface area contributed by atoms with Gasteiger partial charge in [0.25, 0.3) is 5.56 Å². The Morgan fingerprint density at radius 2 is 2.15 bits per heavy atom. The van der Waals surface area contributed by atoms with Gasteiger partial charge in [0.1, 0.15) is 9.53 Å². The lowest BCUT2D eigenvalue weighted by Crippen LogP contribution is -2.39. The molecule has 4 rings (SSSR count). The number of thiophene rings is 1. The fourth-order valence-electron chi connectivity index (χ4n) is 4.02. The molecule has 0 bridgehead atoms. The average Bonchev–Trinajstić information content (AvgIpc) is 3.01. The Balaban J connectivity index is 1.79. The van der Waals surface area contributed by atoms with Crippen molar-refractivity contribution in [2.24, 2.45) is 0 Å². The van der Waals surface area contributed by atoms with Gasteiger partial charge in [-0.2, -0.15) is 0 Å². The molecule has 1 aliphatic rings. The first-order valence-electron chi connectivity index (χ1n) is 9.18. The summed E-state index contributed by atoms with van der Waals surface area (Å²) >= 11 is 1.41. The van der Waals surface area contributed by atoms with Crippen molar-refractivity contribution in [1.29, 1.82) is 0 Å². The number of carbonyl (C=O) groups is 1. The second-order valence-corrected chi connectivity index (χ2v) is 8.36. The second-order valence-electron chi connectivity index (χ2n) is 7.36. The highest BCUT2D eigenvalue weighted by Gasteiger charge is 2.26. The zero-order valence-corrected chi connectivity index (χ0v) is 16.5. The minimum Gasteiger partial charge on any atom is -0.377 e. The average molecular weight is 385 g/mol. The van der Waals surface area contributed by atoms with Crippen LogP contribution >= 0.6 is 11.3 Å². The van der Waals surface area contributed by atoms with Gasteiger partial charge in [-0.25, -0.2) is 9.97 Å². The molecular formula is C19H23N5O2S. The quantitative estimate of drug-likeness (QED) is 0.750. The van der Waals surface area contributed by atoms with Crippen LogP contribution < -0.4 is 15.8 Å². The molecule has 8 heteroatoms. The van der Waals surface area contributed by atoms with Crippen molar-refractivity contribution in [3.63, 3.8) is 0 Å². The zero-order valence-electron chi connectivity index (χ0n) is 15.7. The predicted octanol–water partition coefficient (Wildman–Crippen LogP) is 2.69. The molecule has 1 fully saturated rings. The van der Waals surface area contributed by atoms with Crippen LogP contribution in [-0.2, 0) is 4.79 Å². The van der Waals surface area contributed by atoms with Gasteiger partial charge >= 0.3 is 0 Å². The van der Waals surface area contributed by atoms with Gasteiger partial charge in [-0.05, 0) is 31.7 Å². The maximum atomic E-state index is 13.2.